The minimum Gasteiger partial charge on any atom is -0.507 e. The first-order chi connectivity index (χ1) is 17.1. The van der Waals surface area contributed by atoms with E-state index in [0.717, 1.165) is 39.8 Å². The van der Waals surface area contributed by atoms with Gasteiger partial charge >= 0.3 is 0 Å². The van der Waals surface area contributed by atoms with E-state index in [1.54, 1.807) is 0 Å². The normalized spacial score (nSPS) is 11.8. The number of aromatic nitrogens is 1. The second kappa shape index (κ2) is 10.3. The van der Waals surface area contributed by atoms with E-state index >= 15 is 0 Å². The molecule has 0 unspecified atom stereocenters. The fraction of sp³-hybridized carbons (Fsp3) is 0.364. The van der Waals surface area contributed by atoms with E-state index in [1.807, 2.05) is 6.07 Å². The molecule has 4 aromatic rings. The highest BCUT2D eigenvalue weighted by molar-refractivity contribution is 5.85. The van der Waals surface area contributed by atoms with Gasteiger partial charge < -0.3 is 9.63 Å². The third-order valence-corrected chi connectivity index (χ3v) is 7.02. The van der Waals surface area contributed by atoms with Gasteiger partial charge in [-0.2, -0.15) is 0 Å². The number of benzene rings is 3. The maximum absolute atomic E-state index is 11.5. The summed E-state index contributed by atoms with van der Waals surface area (Å²) in [5.41, 5.74) is 10.2. The summed E-state index contributed by atoms with van der Waals surface area (Å²) in [5.74, 6) is 0.944. The molecule has 0 fully saturated rings. The van der Waals surface area contributed by atoms with Crippen LogP contribution in [0.1, 0.15) is 74.8 Å². The summed E-state index contributed by atoms with van der Waals surface area (Å²) in [6.07, 6.45) is 4.80. The number of nitrogens with zero attached hydrogens (tertiary/aromatic N) is 1. The molecular weight excluding hydrogens is 442 g/mol. The largest absolute Gasteiger partial charge is 0.507 e. The summed E-state index contributed by atoms with van der Waals surface area (Å²) in [6.45, 7) is 15.1. The van der Waals surface area contributed by atoms with Crippen molar-refractivity contribution < 1.29 is 9.63 Å². The van der Waals surface area contributed by atoms with Crippen molar-refractivity contribution >= 4 is 0 Å². The van der Waals surface area contributed by atoms with E-state index in [-0.39, 0.29) is 11.2 Å². The quantitative estimate of drug-likeness (QED) is 0.267. The highest BCUT2D eigenvalue weighted by atomic mass is 16.5. The van der Waals surface area contributed by atoms with Gasteiger partial charge in [-0.25, -0.2) is 0 Å². The van der Waals surface area contributed by atoms with Crippen LogP contribution in [0.15, 0.2) is 59.1 Å². The molecule has 3 aromatic carbocycles. The highest BCUT2D eigenvalue weighted by Gasteiger charge is 2.23. The number of phenols is 1. The Kier molecular flexibility index (Phi) is 7.40. The number of phenolic OH excluding ortho intramolecular Hbond substituents is 1. The van der Waals surface area contributed by atoms with Crippen LogP contribution in [-0.2, 0) is 11.8 Å². The third kappa shape index (κ3) is 5.41. The monoisotopic (exact) mass is 481 g/mol. The predicted octanol–water partition coefficient (Wildman–Crippen LogP) is 9.34. The van der Waals surface area contributed by atoms with Crippen LogP contribution in [0.3, 0.4) is 0 Å². The van der Waals surface area contributed by atoms with Crippen LogP contribution < -0.4 is 0 Å². The molecule has 0 aliphatic rings. The molecule has 3 nitrogen and oxygen atoms in total. The molecule has 1 aromatic heterocycles. The first kappa shape index (κ1) is 25.8. The Balaban J connectivity index is 1.77. The number of unbranched alkanes of at least 4 members (excludes halogenated alkanes) is 2. The molecule has 0 radical (unpaired) electrons. The smallest absolute Gasteiger partial charge is 0.167 e. The average molecular weight is 482 g/mol. The molecule has 0 amide bonds. The SMILES string of the molecule is CCCCCc1ccc(-c2cc(-c3cc(C(C)(C)C)cc(-c4c(C)cc(C)cc4C)c3O)no2)cc1. The predicted molar refractivity (Wildman–Crippen MR) is 151 cm³/mol. The van der Waals surface area contributed by atoms with Crippen LogP contribution in [-0.4, -0.2) is 10.3 Å². The Bertz CT molecular complexity index is 1330. The van der Waals surface area contributed by atoms with Crippen molar-refractivity contribution in [1.29, 1.82) is 0 Å². The van der Waals surface area contributed by atoms with Crippen LogP contribution >= 0.6 is 0 Å². The van der Waals surface area contributed by atoms with Gasteiger partial charge in [-0.3, -0.25) is 0 Å². The molecule has 0 aliphatic carbocycles. The van der Waals surface area contributed by atoms with Gasteiger partial charge in [-0.15, -0.1) is 0 Å². The van der Waals surface area contributed by atoms with E-state index in [1.165, 1.54) is 30.4 Å². The van der Waals surface area contributed by atoms with Crippen molar-refractivity contribution in [3.8, 4) is 39.5 Å². The van der Waals surface area contributed by atoms with Gasteiger partial charge in [0.2, 0.25) is 0 Å². The van der Waals surface area contributed by atoms with E-state index in [0.29, 0.717) is 17.0 Å². The Labute approximate surface area is 216 Å². The van der Waals surface area contributed by atoms with Crippen LogP contribution in [0.25, 0.3) is 33.7 Å². The Hall–Kier alpha value is -3.33. The zero-order chi connectivity index (χ0) is 26.0. The third-order valence-electron chi connectivity index (χ3n) is 7.02. The first-order valence-electron chi connectivity index (χ1n) is 13.1. The molecule has 0 aliphatic heterocycles. The molecule has 1 N–H and O–H groups in total. The summed E-state index contributed by atoms with van der Waals surface area (Å²) in [7, 11) is 0. The summed E-state index contributed by atoms with van der Waals surface area (Å²) in [5, 5.41) is 15.9. The van der Waals surface area contributed by atoms with Gasteiger partial charge in [0.25, 0.3) is 0 Å². The standard InChI is InChI=1S/C33H39NO2/c1-8-9-10-11-24-12-14-25(15-13-24)30-20-29(34-36-30)27-18-26(33(5,6)7)19-28(32(27)35)31-22(3)16-21(2)17-23(31)4/h12-20,35H,8-11H2,1-7H3. The van der Waals surface area contributed by atoms with Crippen LogP contribution in [0.2, 0.25) is 0 Å². The van der Waals surface area contributed by atoms with E-state index < -0.39 is 0 Å². The first-order valence-corrected chi connectivity index (χ1v) is 13.1. The molecule has 0 spiro atoms. The van der Waals surface area contributed by atoms with Gasteiger partial charge in [-0.05, 0) is 79.0 Å². The molecule has 1 heterocycles. The van der Waals surface area contributed by atoms with Gasteiger partial charge in [0.05, 0.1) is 0 Å². The number of rotatable bonds is 7. The zero-order valence-electron chi connectivity index (χ0n) is 22.8. The second-order valence-electron chi connectivity index (χ2n) is 11.2. The van der Waals surface area contributed by atoms with Crippen molar-refractivity contribution in [3.05, 3.63) is 82.4 Å². The summed E-state index contributed by atoms with van der Waals surface area (Å²) >= 11 is 0. The Morgan fingerprint density at radius 2 is 1.47 bits per heavy atom. The maximum Gasteiger partial charge on any atom is 0.167 e. The fourth-order valence-corrected chi connectivity index (χ4v) is 5.01. The summed E-state index contributed by atoms with van der Waals surface area (Å²) in [4.78, 5) is 0. The number of aryl methyl sites for hydroxylation is 4. The lowest BCUT2D eigenvalue weighted by atomic mass is 9.82. The second-order valence-corrected chi connectivity index (χ2v) is 11.2. The molecule has 36 heavy (non-hydrogen) atoms. The highest BCUT2D eigenvalue weighted by Crippen LogP contribution is 2.44. The lowest BCUT2D eigenvalue weighted by molar-refractivity contribution is 0.433. The maximum atomic E-state index is 11.5. The van der Waals surface area contributed by atoms with Gasteiger partial charge in [0.1, 0.15) is 11.4 Å². The lowest BCUT2D eigenvalue weighted by Crippen LogP contribution is -2.11. The van der Waals surface area contributed by atoms with Crippen LogP contribution in [0.5, 0.6) is 5.75 Å². The molecule has 3 heteroatoms. The van der Waals surface area contributed by atoms with E-state index in [2.05, 4.69) is 102 Å². The molecule has 0 atom stereocenters. The molecule has 188 valence electrons. The van der Waals surface area contributed by atoms with Crippen molar-refractivity contribution in [2.75, 3.05) is 0 Å². The van der Waals surface area contributed by atoms with Crippen LogP contribution in [0.4, 0.5) is 0 Å². The molecule has 4 rings (SSSR count). The van der Waals surface area contributed by atoms with Crippen molar-refractivity contribution in [2.45, 2.75) is 79.6 Å². The summed E-state index contributed by atoms with van der Waals surface area (Å²) in [6, 6.07) is 19.0. The van der Waals surface area contributed by atoms with Crippen molar-refractivity contribution in [3.63, 3.8) is 0 Å². The zero-order valence-corrected chi connectivity index (χ0v) is 22.8. The van der Waals surface area contributed by atoms with E-state index in [9.17, 15) is 5.11 Å². The fourth-order valence-electron chi connectivity index (χ4n) is 5.01. The van der Waals surface area contributed by atoms with Gasteiger partial charge in [0.15, 0.2) is 5.76 Å². The molecular formula is C33H39NO2. The number of hydrogen-bond donors (Lipinski definition) is 1. The Morgan fingerprint density at radius 1 is 0.833 bits per heavy atom. The van der Waals surface area contributed by atoms with Crippen molar-refractivity contribution in [2.24, 2.45) is 0 Å². The Morgan fingerprint density at radius 3 is 2.08 bits per heavy atom. The minimum atomic E-state index is -0.0934. The van der Waals surface area contributed by atoms with Crippen molar-refractivity contribution in [1.82, 2.24) is 5.16 Å². The number of hydrogen-bond acceptors (Lipinski definition) is 3. The van der Waals surface area contributed by atoms with E-state index in [4.69, 9.17) is 4.52 Å². The summed E-state index contributed by atoms with van der Waals surface area (Å²) < 4.78 is 5.77. The van der Waals surface area contributed by atoms with Gasteiger partial charge in [0, 0.05) is 22.8 Å². The van der Waals surface area contributed by atoms with Crippen LogP contribution in [0, 0.1) is 20.8 Å². The molecule has 0 saturated heterocycles. The topological polar surface area (TPSA) is 46.3 Å². The minimum absolute atomic E-state index is 0.0934. The van der Waals surface area contributed by atoms with Gasteiger partial charge in [-0.1, -0.05) is 87.7 Å². The average Bonchev–Trinajstić information content (AvgIpc) is 3.29. The number of aromatic hydroxyl groups is 1. The molecule has 0 bridgehead atoms. The lowest BCUT2D eigenvalue weighted by Gasteiger charge is -2.23. The molecule has 0 saturated carbocycles.